The van der Waals surface area contributed by atoms with Crippen molar-refractivity contribution in [2.75, 3.05) is 18.4 Å². The molecule has 0 aliphatic heterocycles. The Kier molecular flexibility index (Phi) is 7.19. The van der Waals surface area contributed by atoms with Gasteiger partial charge in [0, 0.05) is 24.0 Å². The molecule has 0 spiro atoms. The molecule has 0 fully saturated rings. The molecule has 0 radical (unpaired) electrons. The summed E-state index contributed by atoms with van der Waals surface area (Å²) in [5, 5.41) is 3.36. The molecule has 23 heavy (non-hydrogen) atoms. The molecule has 2 amide bonds. The predicted octanol–water partition coefficient (Wildman–Crippen LogP) is 3.70. The van der Waals surface area contributed by atoms with E-state index in [-0.39, 0.29) is 23.8 Å². The van der Waals surface area contributed by atoms with Crippen LogP contribution in [0, 0.1) is 18.3 Å². The summed E-state index contributed by atoms with van der Waals surface area (Å²) in [4.78, 5) is 31.5. The molecule has 0 aliphatic carbocycles. The summed E-state index contributed by atoms with van der Waals surface area (Å²) in [7, 11) is 0. The highest BCUT2D eigenvalue weighted by molar-refractivity contribution is 7.15. The van der Waals surface area contributed by atoms with Crippen molar-refractivity contribution in [1.82, 2.24) is 9.88 Å². The van der Waals surface area contributed by atoms with Crippen molar-refractivity contribution in [2.24, 2.45) is 11.3 Å². The van der Waals surface area contributed by atoms with E-state index in [1.54, 1.807) is 11.1 Å². The Morgan fingerprint density at radius 2 is 2.00 bits per heavy atom. The maximum Gasteiger partial charge on any atom is 0.245 e. The number of aryl methyl sites for hydroxylation is 1. The van der Waals surface area contributed by atoms with Crippen molar-refractivity contribution in [3.63, 3.8) is 0 Å². The number of hydrogen-bond donors (Lipinski definition) is 1. The summed E-state index contributed by atoms with van der Waals surface area (Å²) in [6.45, 7) is 13.0. The Morgan fingerprint density at radius 1 is 1.35 bits per heavy atom. The fourth-order valence-electron chi connectivity index (χ4n) is 2.02. The van der Waals surface area contributed by atoms with Gasteiger partial charge in [0.05, 0.1) is 6.54 Å². The smallest absolute Gasteiger partial charge is 0.245 e. The second kappa shape index (κ2) is 8.43. The zero-order valence-corrected chi connectivity index (χ0v) is 15.9. The largest absolute Gasteiger partial charge is 0.333 e. The van der Waals surface area contributed by atoms with Gasteiger partial charge in [-0.1, -0.05) is 34.6 Å². The highest BCUT2D eigenvalue weighted by Crippen LogP contribution is 2.21. The quantitative estimate of drug-likeness (QED) is 0.824. The lowest BCUT2D eigenvalue weighted by Gasteiger charge is -2.26. The molecule has 6 heteroatoms. The van der Waals surface area contributed by atoms with Gasteiger partial charge in [0.25, 0.3) is 0 Å². The predicted molar refractivity (Wildman–Crippen MR) is 95.6 cm³/mol. The Hall–Kier alpha value is -1.43. The van der Waals surface area contributed by atoms with Crippen molar-refractivity contribution in [3.05, 3.63) is 11.1 Å². The monoisotopic (exact) mass is 339 g/mol. The van der Waals surface area contributed by atoms with Crippen molar-refractivity contribution < 1.29 is 9.59 Å². The van der Waals surface area contributed by atoms with Crippen LogP contribution in [0.3, 0.4) is 0 Å². The van der Waals surface area contributed by atoms with E-state index in [1.807, 2.05) is 27.7 Å². The van der Waals surface area contributed by atoms with E-state index < -0.39 is 0 Å². The number of carbonyl (C=O) groups is 2. The van der Waals surface area contributed by atoms with E-state index >= 15 is 0 Å². The van der Waals surface area contributed by atoms with Crippen LogP contribution < -0.4 is 5.32 Å². The van der Waals surface area contributed by atoms with Gasteiger partial charge in [-0.25, -0.2) is 4.98 Å². The van der Waals surface area contributed by atoms with E-state index in [0.717, 1.165) is 11.3 Å². The van der Waals surface area contributed by atoms with Crippen molar-refractivity contribution >= 4 is 28.3 Å². The number of rotatable bonds is 7. The highest BCUT2D eigenvalue weighted by atomic mass is 32.1. The summed E-state index contributed by atoms with van der Waals surface area (Å²) in [5.41, 5.74) is -0.0872. The average Bonchev–Trinajstić information content (AvgIpc) is 2.77. The Morgan fingerprint density at radius 3 is 2.48 bits per heavy atom. The highest BCUT2D eigenvalue weighted by Gasteiger charge is 2.23. The average molecular weight is 340 g/mol. The first-order chi connectivity index (χ1) is 10.6. The summed E-state index contributed by atoms with van der Waals surface area (Å²) in [6, 6.07) is 0. The van der Waals surface area contributed by atoms with Crippen molar-refractivity contribution in [3.8, 4) is 0 Å². The van der Waals surface area contributed by atoms with E-state index in [4.69, 9.17) is 0 Å². The van der Waals surface area contributed by atoms with E-state index in [0.29, 0.717) is 24.0 Å². The molecule has 0 saturated carbocycles. The topological polar surface area (TPSA) is 62.3 Å². The van der Waals surface area contributed by atoms with Gasteiger partial charge in [0.1, 0.15) is 0 Å². The Bertz CT molecular complexity index is 532. The van der Waals surface area contributed by atoms with Gasteiger partial charge in [-0.3, -0.25) is 9.59 Å². The second-order valence-electron chi connectivity index (χ2n) is 7.56. The molecule has 0 aromatic carbocycles. The molecule has 0 unspecified atom stereocenters. The first-order valence-electron chi connectivity index (χ1n) is 8.07. The molecule has 130 valence electrons. The molecular formula is C17H29N3O2S. The fraction of sp³-hybridized carbons (Fsp3) is 0.706. The van der Waals surface area contributed by atoms with Crippen LogP contribution in [0.5, 0.6) is 0 Å². The molecule has 0 saturated heterocycles. The third kappa shape index (κ3) is 8.11. The molecule has 1 N–H and O–H groups in total. The molecule has 1 rings (SSSR count). The number of thiazole rings is 1. The fourth-order valence-corrected chi connectivity index (χ4v) is 2.70. The number of anilines is 1. The first-order valence-corrected chi connectivity index (χ1v) is 8.88. The van der Waals surface area contributed by atoms with E-state index in [2.05, 4.69) is 24.1 Å². The second-order valence-corrected chi connectivity index (χ2v) is 8.79. The standard InChI is InChI=1S/C17H29N3O2S/c1-12(2)7-8-20(15(22)9-17(4,5)6)11-14(21)19-16-18-10-13(3)23-16/h10,12H,7-9,11H2,1-6H3,(H,18,19,21). The lowest BCUT2D eigenvalue weighted by Crippen LogP contribution is -2.40. The van der Waals surface area contributed by atoms with Crippen LogP contribution in [0.1, 0.15) is 52.3 Å². The Balaban J connectivity index is 2.67. The maximum absolute atomic E-state index is 12.5. The van der Waals surface area contributed by atoms with Crippen LogP contribution in [0.2, 0.25) is 0 Å². The van der Waals surface area contributed by atoms with Gasteiger partial charge < -0.3 is 10.2 Å². The molecule has 0 atom stereocenters. The third-order valence-corrected chi connectivity index (χ3v) is 4.04. The van der Waals surface area contributed by atoms with Crippen LogP contribution >= 0.6 is 11.3 Å². The SMILES string of the molecule is Cc1cnc(NC(=O)CN(CCC(C)C)C(=O)CC(C)(C)C)s1. The third-order valence-electron chi connectivity index (χ3n) is 3.21. The van der Waals surface area contributed by atoms with Crippen LogP contribution in [0.15, 0.2) is 6.20 Å². The number of carbonyl (C=O) groups excluding carboxylic acids is 2. The molecule has 1 aromatic rings. The number of hydrogen-bond acceptors (Lipinski definition) is 4. The number of nitrogens with zero attached hydrogens (tertiary/aromatic N) is 2. The van der Waals surface area contributed by atoms with Gasteiger partial charge in [-0.05, 0) is 24.7 Å². The van der Waals surface area contributed by atoms with Crippen LogP contribution in [-0.2, 0) is 9.59 Å². The number of aromatic nitrogens is 1. The first kappa shape index (κ1) is 19.6. The van der Waals surface area contributed by atoms with Crippen LogP contribution in [0.25, 0.3) is 0 Å². The molecule has 1 heterocycles. The number of nitrogens with one attached hydrogen (secondary N) is 1. The minimum absolute atomic E-state index is 0.0311. The summed E-state index contributed by atoms with van der Waals surface area (Å²) in [5.74, 6) is 0.332. The van der Waals surface area contributed by atoms with Crippen LogP contribution in [0.4, 0.5) is 5.13 Å². The van der Waals surface area contributed by atoms with Gasteiger partial charge >= 0.3 is 0 Å². The molecule has 0 aliphatic rings. The van der Waals surface area contributed by atoms with Crippen LogP contribution in [-0.4, -0.2) is 34.8 Å². The van der Waals surface area contributed by atoms with E-state index in [9.17, 15) is 9.59 Å². The van der Waals surface area contributed by atoms with Gasteiger partial charge in [-0.15, -0.1) is 11.3 Å². The zero-order valence-electron chi connectivity index (χ0n) is 15.1. The van der Waals surface area contributed by atoms with Gasteiger partial charge in [-0.2, -0.15) is 0 Å². The van der Waals surface area contributed by atoms with Gasteiger partial charge in [0.2, 0.25) is 11.8 Å². The summed E-state index contributed by atoms with van der Waals surface area (Å²) < 4.78 is 0. The normalized spacial score (nSPS) is 11.6. The molecule has 5 nitrogen and oxygen atoms in total. The summed E-state index contributed by atoms with van der Waals surface area (Å²) in [6.07, 6.45) is 3.05. The zero-order chi connectivity index (χ0) is 17.6. The lowest BCUT2D eigenvalue weighted by atomic mass is 9.91. The Labute approximate surface area is 143 Å². The van der Waals surface area contributed by atoms with Crippen molar-refractivity contribution in [2.45, 2.75) is 54.4 Å². The molecule has 0 bridgehead atoms. The summed E-state index contributed by atoms with van der Waals surface area (Å²) >= 11 is 1.43. The molecule has 1 aromatic heterocycles. The van der Waals surface area contributed by atoms with E-state index in [1.165, 1.54) is 11.3 Å². The molecular weight excluding hydrogens is 310 g/mol. The maximum atomic E-state index is 12.5. The number of amides is 2. The minimum atomic E-state index is -0.189. The lowest BCUT2D eigenvalue weighted by molar-refractivity contribution is -0.136. The van der Waals surface area contributed by atoms with Crippen molar-refractivity contribution in [1.29, 1.82) is 0 Å². The minimum Gasteiger partial charge on any atom is -0.333 e. The van der Waals surface area contributed by atoms with Gasteiger partial charge in [0.15, 0.2) is 5.13 Å².